The molecule has 2 aromatic rings. The van der Waals surface area contributed by atoms with Crippen LogP contribution in [0.4, 0.5) is 5.69 Å². The highest BCUT2D eigenvalue weighted by Crippen LogP contribution is 2.04. The van der Waals surface area contributed by atoms with E-state index in [1.165, 1.54) is 0 Å². The van der Waals surface area contributed by atoms with E-state index in [1.54, 1.807) is 0 Å². The van der Waals surface area contributed by atoms with Crippen LogP contribution in [0.3, 0.4) is 0 Å². The van der Waals surface area contributed by atoms with Gasteiger partial charge in [-0.05, 0) is 36.3 Å². The Morgan fingerprint density at radius 3 is 2.19 bits per heavy atom. The van der Waals surface area contributed by atoms with Crippen molar-refractivity contribution in [2.45, 2.75) is 12.8 Å². The fourth-order valence-electron chi connectivity index (χ4n) is 1.78. The van der Waals surface area contributed by atoms with Crippen molar-refractivity contribution in [2.24, 2.45) is 0 Å². The zero-order valence-corrected chi connectivity index (χ0v) is 12.3. The Morgan fingerprint density at radius 2 is 1.52 bits per heavy atom. The second kappa shape index (κ2) is 8.01. The van der Waals surface area contributed by atoms with Crippen molar-refractivity contribution in [1.82, 2.24) is 10.9 Å². The number of hydrogen-bond acceptors (Lipinski definition) is 2. The van der Waals surface area contributed by atoms with Gasteiger partial charge in [0.05, 0.1) is 0 Å². The van der Waals surface area contributed by atoms with Crippen LogP contribution in [0, 0.1) is 0 Å². The van der Waals surface area contributed by atoms with Gasteiger partial charge in [-0.2, -0.15) is 0 Å². The van der Waals surface area contributed by atoms with Crippen molar-refractivity contribution in [3.8, 4) is 0 Å². The first-order chi connectivity index (χ1) is 10.2. The van der Waals surface area contributed by atoms with Gasteiger partial charge < -0.3 is 5.32 Å². The van der Waals surface area contributed by atoms with E-state index < -0.39 is 0 Å². The molecule has 0 atom stereocenters. The maximum atomic E-state index is 11.7. The zero-order chi connectivity index (χ0) is 14.9. The number of amides is 1. The van der Waals surface area contributed by atoms with Crippen LogP contribution in [-0.4, -0.2) is 11.0 Å². The molecule has 0 aliphatic carbocycles. The summed E-state index contributed by atoms with van der Waals surface area (Å²) in [7, 11) is 0. The fraction of sp³-hybridized carbons (Fsp3) is 0.125. The summed E-state index contributed by atoms with van der Waals surface area (Å²) in [5, 5.41) is 3.33. The molecule has 1 amide bonds. The number of anilines is 1. The van der Waals surface area contributed by atoms with Crippen molar-refractivity contribution < 1.29 is 4.79 Å². The number of hydrogen-bond donors (Lipinski definition) is 3. The minimum Gasteiger partial charge on any atom is -0.331 e. The van der Waals surface area contributed by atoms with Gasteiger partial charge in [-0.15, -0.1) is 0 Å². The summed E-state index contributed by atoms with van der Waals surface area (Å²) in [6.07, 6.45) is 1.11. The molecule has 2 aromatic carbocycles. The van der Waals surface area contributed by atoms with Gasteiger partial charge in [0, 0.05) is 12.1 Å². The van der Waals surface area contributed by atoms with Crippen LogP contribution in [0.2, 0.25) is 0 Å². The summed E-state index contributed by atoms with van der Waals surface area (Å²) < 4.78 is 0. The number of carbonyl (C=O) groups excluding carboxylic acids is 1. The second-order valence-electron chi connectivity index (χ2n) is 4.48. The molecule has 5 heteroatoms. The third kappa shape index (κ3) is 5.62. The molecule has 21 heavy (non-hydrogen) atoms. The van der Waals surface area contributed by atoms with Gasteiger partial charge in [0.2, 0.25) is 5.91 Å². The average molecular weight is 299 g/mol. The van der Waals surface area contributed by atoms with E-state index in [9.17, 15) is 4.79 Å². The Hall–Kier alpha value is -2.40. The highest BCUT2D eigenvalue weighted by molar-refractivity contribution is 7.80. The normalized spacial score (nSPS) is 9.71. The first-order valence-corrected chi connectivity index (χ1v) is 7.09. The summed E-state index contributed by atoms with van der Waals surface area (Å²) in [4.78, 5) is 11.7. The molecular weight excluding hydrogens is 282 g/mol. The van der Waals surface area contributed by atoms with Crippen molar-refractivity contribution in [2.75, 3.05) is 5.32 Å². The molecule has 0 unspecified atom stereocenters. The molecule has 108 valence electrons. The Kier molecular flexibility index (Phi) is 5.72. The van der Waals surface area contributed by atoms with E-state index in [0.29, 0.717) is 18.0 Å². The van der Waals surface area contributed by atoms with E-state index in [0.717, 1.165) is 11.3 Å². The number of aryl methyl sites for hydroxylation is 1. The van der Waals surface area contributed by atoms with Gasteiger partial charge in [-0.25, -0.2) is 0 Å². The Bertz CT molecular complexity index is 587. The maximum Gasteiger partial charge on any atom is 0.238 e. The number of hydrazine groups is 1. The first-order valence-electron chi connectivity index (χ1n) is 6.69. The number of para-hydroxylation sites is 1. The van der Waals surface area contributed by atoms with Crippen molar-refractivity contribution >= 4 is 28.9 Å². The third-order valence-corrected chi connectivity index (χ3v) is 3.03. The SMILES string of the molecule is O=C(CCc1ccccc1)NNC(=S)Nc1ccccc1. The van der Waals surface area contributed by atoms with Crippen LogP contribution >= 0.6 is 12.2 Å². The zero-order valence-electron chi connectivity index (χ0n) is 11.5. The molecule has 0 aliphatic heterocycles. The summed E-state index contributed by atoms with van der Waals surface area (Å²) in [6.45, 7) is 0. The van der Waals surface area contributed by atoms with Crippen LogP contribution in [0.25, 0.3) is 0 Å². The lowest BCUT2D eigenvalue weighted by Gasteiger charge is -2.11. The number of benzene rings is 2. The van der Waals surface area contributed by atoms with Gasteiger partial charge in [0.1, 0.15) is 0 Å². The molecule has 3 N–H and O–H groups in total. The quantitative estimate of drug-likeness (QED) is 0.600. The highest BCUT2D eigenvalue weighted by Gasteiger charge is 2.03. The lowest BCUT2D eigenvalue weighted by atomic mass is 10.1. The summed E-state index contributed by atoms with van der Waals surface area (Å²) in [5.41, 5.74) is 7.27. The standard InChI is InChI=1S/C16H17N3OS/c20-15(12-11-13-7-3-1-4-8-13)18-19-16(21)17-14-9-5-2-6-10-14/h1-10H,11-12H2,(H,18,20)(H2,17,19,21). The molecule has 0 heterocycles. The van der Waals surface area contributed by atoms with E-state index in [1.807, 2.05) is 60.7 Å². The molecule has 0 fully saturated rings. The van der Waals surface area contributed by atoms with Crippen molar-refractivity contribution in [1.29, 1.82) is 0 Å². The van der Waals surface area contributed by atoms with Crippen molar-refractivity contribution in [3.05, 3.63) is 66.2 Å². The van der Waals surface area contributed by atoms with E-state index in [4.69, 9.17) is 12.2 Å². The van der Waals surface area contributed by atoms with Crippen molar-refractivity contribution in [3.63, 3.8) is 0 Å². The summed E-state index contributed by atoms with van der Waals surface area (Å²) >= 11 is 5.10. The highest BCUT2D eigenvalue weighted by atomic mass is 32.1. The van der Waals surface area contributed by atoms with Crippen LogP contribution in [0.1, 0.15) is 12.0 Å². The summed E-state index contributed by atoms with van der Waals surface area (Å²) in [6, 6.07) is 19.4. The topological polar surface area (TPSA) is 53.2 Å². The molecule has 0 saturated heterocycles. The number of nitrogens with one attached hydrogen (secondary N) is 3. The minimum atomic E-state index is -0.101. The van der Waals surface area contributed by atoms with Crippen LogP contribution in [0.5, 0.6) is 0 Å². The maximum absolute atomic E-state index is 11.7. The molecule has 0 saturated carbocycles. The monoisotopic (exact) mass is 299 g/mol. The number of carbonyl (C=O) groups is 1. The van der Waals surface area contributed by atoms with Gasteiger partial charge in [-0.1, -0.05) is 48.5 Å². The number of thiocarbonyl (C=S) groups is 1. The van der Waals surface area contributed by atoms with Gasteiger partial charge >= 0.3 is 0 Å². The van der Waals surface area contributed by atoms with Gasteiger partial charge in [0.15, 0.2) is 5.11 Å². The van der Waals surface area contributed by atoms with E-state index in [2.05, 4.69) is 16.2 Å². The summed E-state index contributed by atoms with van der Waals surface area (Å²) in [5.74, 6) is -0.101. The molecule has 0 aromatic heterocycles. The van der Waals surface area contributed by atoms with E-state index in [-0.39, 0.29) is 5.91 Å². The van der Waals surface area contributed by atoms with Gasteiger partial charge in [-0.3, -0.25) is 15.6 Å². The molecular formula is C16H17N3OS. The Morgan fingerprint density at radius 1 is 0.905 bits per heavy atom. The number of rotatable bonds is 4. The molecule has 2 rings (SSSR count). The van der Waals surface area contributed by atoms with E-state index >= 15 is 0 Å². The first kappa shape index (κ1) is 15.0. The van der Waals surface area contributed by atoms with Gasteiger partial charge in [0.25, 0.3) is 0 Å². The molecule has 0 bridgehead atoms. The van der Waals surface area contributed by atoms with Crippen LogP contribution in [-0.2, 0) is 11.2 Å². The molecule has 0 aliphatic rings. The van der Waals surface area contributed by atoms with Crippen LogP contribution < -0.4 is 16.2 Å². The lowest BCUT2D eigenvalue weighted by Crippen LogP contribution is -2.43. The Labute approximate surface area is 129 Å². The fourth-order valence-corrected chi connectivity index (χ4v) is 1.94. The minimum absolute atomic E-state index is 0.101. The smallest absolute Gasteiger partial charge is 0.238 e. The predicted molar refractivity (Wildman–Crippen MR) is 88.7 cm³/mol. The largest absolute Gasteiger partial charge is 0.331 e. The second-order valence-corrected chi connectivity index (χ2v) is 4.89. The third-order valence-electron chi connectivity index (χ3n) is 2.83. The molecule has 0 spiro atoms. The molecule has 0 radical (unpaired) electrons. The average Bonchev–Trinajstić information content (AvgIpc) is 2.53. The predicted octanol–water partition coefficient (Wildman–Crippen LogP) is 2.64. The lowest BCUT2D eigenvalue weighted by molar-refractivity contribution is -0.121. The van der Waals surface area contributed by atoms with Crippen LogP contribution in [0.15, 0.2) is 60.7 Å². The molecule has 4 nitrogen and oxygen atoms in total. The Balaban J connectivity index is 1.68.